The Hall–Kier alpha value is -2.45. The topological polar surface area (TPSA) is 84.5 Å². The quantitative estimate of drug-likeness (QED) is 0.434. The highest BCUT2D eigenvalue weighted by Gasteiger charge is 2.59. The van der Waals surface area contributed by atoms with Crippen molar-refractivity contribution in [1.82, 2.24) is 19.6 Å². The lowest BCUT2D eigenvalue weighted by molar-refractivity contribution is -0.385. The molecule has 7 rings (SSSR count). The Morgan fingerprint density at radius 2 is 1.83 bits per heavy atom. The van der Waals surface area contributed by atoms with Gasteiger partial charge in [0.2, 0.25) is 5.91 Å². The maximum Gasteiger partial charge on any atom is 0.307 e. The van der Waals surface area contributed by atoms with Gasteiger partial charge in [0.15, 0.2) is 0 Å². The van der Waals surface area contributed by atoms with Crippen molar-refractivity contribution in [2.75, 3.05) is 26.2 Å². The smallest absolute Gasteiger partial charge is 0.307 e. The van der Waals surface area contributed by atoms with Gasteiger partial charge in [-0.1, -0.05) is 29.8 Å². The van der Waals surface area contributed by atoms with Crippen LogP contribution >= 0.6 is 11.6 Å². The summed E-state index contributed by atoms with van der Waals surface area (Å²) in [6, 6.07) is 7.96. The van der Waals surface area contributed by atoms with Crippen molar-refractivity contribution in [2.45, 2.75) is 57.0 Å². The molecule has 5 fully saturated rings. The monoisotopic (exact) mass is 497 g/mol. The van der Waals surface area contributed by atoms with E-state index in [1.807, 2.05) is 27.8 Å². The molecule has 9 heteroatoms. The molecule has 2 atom stereocenters. The van der Waals surface area contributed by atoms with E-state index in [1.165, 1.54) is 12.6 Å². The first-order chi connectivity index (χ1) is 16.8. The zero-order chi connectivity index (χ0) is 24.2. The van der Waals surface area contributed by atoms with E-state index < -0.39 is 0 Å². The molecule has 5 aliphatic rings. The van der Waals surface area contributed by atoms with E-state index in [4.69, 9.17) is 11.6 Å². The number of hydrogen-bond acceptors (Lipinski definition) is 5. The first-order valence-corrected chi connectivity index (χ1v) is 13.1. The van der Waals surface area contributed by atoms with Crippen molar-refractivity contribution in [3.05, 3.63) is 57.4 Å². The summed E-state index contributed by atoms with van der Waals surface area (Å²) < 4.78 is 1.88. The van der Waals surface area contributed by atoms with Gasteiger partial charge in [-0.05, 0) is 67.4 Å². The lowest BCUT2D eigenvalue weighted by Gasteiger charge is -2.62. The van der Waals surface area contributed by atoms with Gasteiger partial charge in [-0.2, -0.15) is 5.10 Å². The molecule has 0 radical (unpaired) electrons. The summed E-state index contributed by atoms with van der Waals surface area (Å²) in [5, 5.41) is 16.5. The highest BCUT2D eigenvalue weighted by molar-refractivity contribution is 6.31. The van der Waals surface area contributed by atoms with Crippen LogP contribution in [0, 0.1) is 27.4 Å². The van der Waals surface area contributed by atoms with Crippen molar-refractivity contribution in [1.29, 1.82) is 0 Å². The van der Waals surface area contributed by atoms with Crippen LogP contribution in [0.4, 0.5) is 5.69 Å². The van der Waals surface area contributed by atoms with Crippen molar-refractivity contribution in [2.24, 2.45) is 17.3 Å². The third-order valence-corrected chi connectivity index (χ3v) is 9.39. The number of piperazine rings is 1. The van der Waals surface area contributed by atoms with Crippen molar-refractivity contribution < 1.29 is 9.72 Å². The molecule has 4 saturated carbocycles. The van der Waals surface area contributed by atoms with Crippen LogP contribution in [0.5, 0.6) is 0 Å². The van der Waals surface area contributed by atoms with E-state index in [2.05, 4.69) is 16.1 Å². The predicted octanol–water partition coefficient (Wildman–Crippen LogP) is 4.47. The van der Waals surface area contributed by atoms with Crippen LogP contribution in [-0.4, -0.2) is 56.6 Å². The first-order valence-electron chi connectivity index (χ1n) is 12.8. The summed E-state index contributed by atoms with van der Waals surface area (Å²) in [5.41, 5.74) is 1.01. The average Bonchev–Trinajstić information content (AvgIpc) is 3.32. The minimum absolute atomic E-state index is 0.00338. The minimum Gasteiger partial charge on any atom is -0.340 e. The van der Waals surface area contributed by atoms with Gasteiger partial charge in [-0.15, -0.1) is 0 Å². The van der Waals surface area contributed by atoms with Crippen LogP contribution in [0.15, 0.2) is 36.7 Å². The van der Waals surface area contributed by atoms with Crippen LogP contribution in [0.2, 0.25) is 5.02 Å². The number of amides is 1. The normalized spacial score (nSPS) is 32.2. The number of aromatic nitrogens is 2. The molecule has 1 amide bonds. The second-order valence-electron chi connectivity index (χ2n) is 11.5. The molecular weight excluding hydrogens is 466 g/mol. The third-order valence-electron chi connectivity index (χ3n) is 9.02. The van der Waals surface area contributed by atoms with Gasteiger partial charge >= 0.3 is 5.69 Å². The Balaban J connectivity index is 1.12. The molecule has 1 aliphatic heterocycles. The number of nitro groups is 1. The molecule has 0 N–H and O–H groups in total. The lowest BCUT2D eigenvalue weighted by Crippen LogP contribution is -2.58. The molecule has 0 spiro atoms. The number of halogens is 1. The second-order valence-corrected chi connectivity index (χ2v) is 11.9. The van der Waals surface area contributed by atoms with Gasteiger partial charge in [-0.3, -0.25) is 24.5 Å². The van der Waals surface area contributed by atoms with E-state index in [1.54, 1.807) is 6.20 Å². The van der Waals surface area contributed by atoms with E-state index in [0.29, 0.717) is 18.3 Å². The van der Waals surface area contributed by atoms with Gasteiger partial charge in [0.1, 0.15) is 12.4 Å². The van der Waals surface area contributed by atoms with Gasteiger partial charge < -0.3 is 4.90 Å². The number of nitrogens with zero attached hydrogens (tertiary/aromatic N) is 5. The van der Waals surface area contributed by atoms with E-state index in [9.17, 15) is 14.9 Å². The van der Waals surface area contributed by atoms with Crippen molar-refractivity contribution in [3.8, 4) is 0 Å². The van der Waals surface area contributed by atoms with Crippen LogP contribution < -0.4 is 0 Å². The van der Waals surface area contributed by atoms with Gasteiger partial charge in [-0.25, -0.2) is 0 Å². The Bertz CT molecular complexity index is 1130. The molecule has 35 heavy (non-hydrogen) atoms. The largest absolute Gasteiger partial charge is 0.340 e. The summed E-state index contributed by atoms with van der Waals surface area (Å²) in [7, 11) is 0. The molecule has 2 aromatic rings. The van der Waals surface area contributed by atoms with Crippen LogP contribution in [0.25, 0.3) is 0 Å². The molecule has 1 aromatic carbocycles. The fourth-order valence-corrected chi connectivity index (χ4v) is 8.19. The van der Waals surface area contributed by atoms with Crippen molar-refractivity contribution in [3.63, 3.8) is 0 Å². The summed E-state index contributed by atoms with van der Waals surface area (Å²) in [5.74, 6) is 1.44. The summed E-state index contributed by atoms with van der Waals surface area (Å²) >= 11 is 6.34. The molecular formula is C26H32ClN5O3. The lowest BCUT2D eigenvalue weighted by atomic mass is 9.46. The third kappa shape index (κ3) is 4.25. The zero-order valence-corrected chi connectivity index (χ0v) is 20.7. The maximum absolute atomic E-state index is 13.5. The Morgan fingerprint density at radius 3 is 2.49 bits per heavy atom. The fourth-order valence-electron chi connectivity index (χ4n) is 8.00. The predicted molar refractivity (Wildman–Crippen MR) is 132 cm³/mol. The molecule has 4 bridgehead atoms. The highest BCUT2D eigenvalue weighted by Crippen LogP contribution is 2.65. The standard InChI is InChI=1S/C26H32ClN5O3/c27-23-4-2-1-3-21(23)16-29-5-7-30(8-6-29)24(33)14-25-10-19-9-20(11-25)13-26(12-19,18-25)31-17-22(15-28-31)32(34)35/h1-4,15,17,19-20H,5-14,16,18H2. The molecule has 186 valence electrons. The van der Waals surface area contributed by atoms with Crippen LogP contribution in [0.1, 0.15) is 50.5 Å². The number of carbonyl (C=O) groups is 1. The molecule has 2 unspecified atom stereocenters. The van der Waals surface area contributed by atoms with Crippen LogP contribution in [-0.2, 0) is 16.9 Å². The molecule has 8 nitrogen and oxygen atoms in total. The summed E-state index contributed by atoms with van der Waals surface area (Å²) in [6.07, 6.45) is 9.97. The van der Waals surface area contributed by atoms with Gasteiger partial charge in [0, 0.05) is 44.2 Å². The summed E-state index contributed by atoms with van der Waals surface area (Å²) in [6.45, 7) is 4.03. The van der Waals surface area contributed by atoms with Crippen LogP contribution in [0.3, 0.4) is 0 Å². The SMILES string of the molecule is O=C(CC12CC3CC(C1)CC(n1cc([N+](=O)[O-])cn1)(C3)C2)N1CCN(Cc2ccccc2Cl)CC1. The summed E-state index contributed by atoms with van der Waals surface area (Å²) in [4.78, 5) is 28.8. The molecule has 1 saturated heterocycles. The number of hydrogen-bond donors (Lipinski definition) is 0. The Morgan fingerprint density at radius 1 is 1.11 bits per heavy atom. The zero-order valence-electron chi connectivity index (χ0n) is 19.9. The molecule has 4 aliphatic carbocycles. The van der Waals surface area contributed by atoms with E-state index >= 15 is 0 Å². The molecule has 1 aromatic heterocycles. The van der Waals surface area contributed by atoms with Gasteiger partial charge in [0.05, 0.1) is 10.5 Å². The average molecular weight is 498 g/mol. The fraction of sp³-hybridized carbons (Fsp3) is 0.615. The highest BCUT2D eigenvalue weighted by atomic mass is 35.5. The minimum atomic E-state index is -0.366. The van der Waals surface area contributed by atoms with Crippen molar-refractivity contribution >= 4 is 23.2 Å². The first kappa shape index (κ1) is 23.0. The Kier molecular flexibility index (Phi) is 5.64. The maximum atomic E-state index is 13.5. The van der Waals surface area contributed by atoms with E-state index in [0.717, 1.165) is 75.4 Å². The second kappa shape index (κ2) is 8.59. The number of rotatable bonds is 6. The van der Waals surface area contributed by atoms with Gasteiger partial charge in [0.25, 0.3) is 0 Å². The number of carbonyl (C=O) groups excluding carboxylic acids is 1. The Labute approximate surface area is 210 Å². The number of benzene rings is 1. The van der Waals surface area contributed by atoms with E-state index in [-0.39, 0.29) is 27.5 Å². The molecule has 2 heterocycles.